The molecule has 214 valence electrons. The first kappa shape index (κ1) is 28.2. The van der Waals surface area contributed by atoms with Crippen LogP contribution in [0.3, 0.4) is 0 Å². The number of hydrogen-bond donors (Lipinski definition) is 5. The summed E-state index contributed by atoms with van der Waals surface area (Å²) in [6, 6.07) is 30.9. The van der Waals surface area contributed by atoms with Crippen molar-refractivity contribution >= 4 is 40.5 Å². The van der Waals surface area contributed by atoms with Crippen molar-refractivity contribution in [2.45, 2.75) is 0 Å². The van der Waals surface area contributed by atoms with E-state index in [1.54, 1.807) is 97.1 Å². The van der Waals surface area contributed by atoms with Crippen molar-refractivity contribution in [3.8, 4) is 23.0 Å². The molecular weight excluding hydrogens is 548 g/mol. The van der Waals surface area contributed by atoms with E-state index in [1.165, 1.54) is 12.1 Å². The number of nitrogen functional groups attached to an aromatic ring is 2. The van der Waals surface area contributed by atoms with E-state index in [4.69, 9.17) is 20.9 Å². The molecule has 0 aliphatic heterocycles. The van der Waals surface area contributed by atoms with Crippen LogP contribution in [0.5, 0.6) is 23.0 Å². The Kier molecular flexibility index (Phi) is 8.20. The van der Waals surface area contributed by atoms with Crippen LogP contribution in [0.15, 0.2) is 115 Å². The maximum absolute atomic E-state index is 13.0. The molecule has 43 heavy (non-hydrogen) atoms. The van der Waals surface area contributed by atoms with Gasteiger partial charge in [-0.25, -0.2) is 4.79 Å². The molecule has 0 unspecified atom stereocenters. The Hall–Kier alpha value is -6.29. The van der Waals surface area contributed by atoms with E-state index in [1.807, 2.05) is 0 Å². The summed E-state index contributed by atoms with van der Waals surface area (Å²) in [6.07, 6.45) is 0. The van der Waals surface area contributed by atoms with E-state index in [9.17, 15) is 19.5 Å². The third-order valence-electron chi connectivity index (χ3n) is 6.21. The highest BCUT2D eigenvalue weighted by Gasteiger charge is 2.20. The largest absolute Gasteiger partial charge is 0.478 e. The minimum absolute atomic E-state index is 0.0697. The normalized spacial score (nSPS) is 10.4. The highest BCUT2D eigenvalue weighted by molar-refractivity contribution is 6.13. The molecule has 0 fully saturated rings. The van der Waals surface area contributed by atoms with Crippen LogP contribution in [0, 0.1) is 0 Å². The molecule has 0 spiro atoms. The molecule has 0 heterocycles. The van der Waals surface area contributed by atoms with Gasteiger partial charge in [-0.1, -0.05) is 0 Å². The first-order valence-corrected chi connectivity index (χ1v) is 13.0. The maximum atomic E-state index is 13.0. The van der Waals surface area contributed by atoms with Crippen molar-refractivity contribution in [3.63, 3.8) is 0 Å². The van der Waals surface area contributed by atoms with Crippen molar-refractivity contribution in [1.82, 2.24) is 0 Å². The number of ether oxygens (including phenoxy) is 2. The van der Waals surface area contributed by atoms with Crippen molar-refractivity contribution in [1.29, 1.82) is 0 Å². The molecule has 0 aliphatic rings. The summed E-state index contributed by atoms with van der Waals surface area (Å²) in [5.74, 6) is -0.246. The Bertz CT molecular complexity index is 1770. The van der Waals surface area contributed by atoms with Crippen molar-refractivity contribution in [2.75, 3.05) is 22.1 Å². The number of carboxylic acids is 1. The Morgan fingerprint density at radius 2 is 0.907 bits per heavy atom. The average Bonchev–Trinajstić information content (AvgIpc) is 3.01. The SMILES string of the molecule is Nc1ccc(Oc2ccc(NC(=O)c3ccc(C(=O)Nc4ccc(Oc5ccc(N)cc5)cc4)c(C(=O)O)c3)cc2)cc1. The lowest BCUT2D eigenvalue weighted by Gasteiger charge is -2.12. The fourth-order valence-corrected chi connectivity index (χ4v) is 4.02. The number of hydrogen-bond acceptors (Lipinski definition) is 7. The van der Waals surface area contributed by atoms with E-state index in [-0.39, 0.29) is 16.7 Å². The molecule has 10 nitrogen and oxygen atoms in total. The number of carbonyl (C=O) groups excluding carboxylic acids is 2. The molecule has 0 aromatic heterocycles. The van der Waals surface area contributed by atoms with Crippen LogP contribution in [0.25, 0.3) is 0 Å². The van der Waals surface area contributed by atoms with Crippen LogP contribution in [0.2, 0.25) is 0 Å². The fraction of sp³-hybridized carbons (Fsp3) is 0. The topological polar surface area (TPSA) is 166 Å². The second-order valence-corrected chi connectivity index (χ2v) is 9.36. The summed E-state index contributed by atoms with van der Waals surface area (Å²) in [6.45, 7) is 0. The average molecular weight is 575 g/mol. The lowest BCUT2D eigenvalue weighted by Crippen LogP contribution is -2.18. The van der Waals surface area contributed by atoms with Gasteiger partial charge in [0.15, 0.2) is 0 Å². The first-order chi connectivity index (χ1) is 20.7. The van der Waals surface area contributed by atoms with Crippen molar-refractivity contribution < 1.29 is 29.0 Å². The Labute approximate surface area is 246 Å². The summed E-state index contributed by atoms with van der Waals surface area (Å²) in [7, 11) is 0. The monoisotopic (exact) mass is 574 g/mol. The predicted molar refractivity (Wildman–Crippen MR) is 164 cm³/mol. The molecule has 7 N–H and O–H groups in total. The standard InChI is InChI=1S/C33H26N4O6/c34-21-2-10-25(11-3-21)42-27-14-6-23(7-15-27)36-31(38)20-1-18-29(30(19-20)33(40)41)32(39)37-24-8-16-28(17-9-24)43-26-12-4-22(35)5-13-26/h1-19H,34-35H2,(H,36,38)(H,37,39)(H,40,41). The van der Waals surface area contributed by atoms with Crippen molar-refractivity contribution in [3.05, 3.63) is 132 Å². The van der Waals surface area contributed by atoms with Gasteiger partial charge in [-0.3, -0.25) is 9.59 Å². The maximum Gasteiger partial charge on any atom is 0.336 e. The molecule has 5 aromatic rings. The molecule has 0 aliphatic carbocycles. The molecule has 0 radical (unpaired) electrons. The summed E-state index contributed by atoms with van der Waals surface area (Å²) in [4.78, 5) is 37.8. The van der Waals surface area contributed by atoms with E-state index in [2.05, 4.69) is 10.6 Å². The lowest BCUT2D eigenvalue weighted by atomic mass is 10.0. The summed E-state index contributed by atoms with van der Waals surface area (Å²) in [5, 5.41) is 15.2. The van der Waals surface area contributed by atoms with Gasteiger partial charge in [0.25, 0.3) is 11.8 Å². The number of nitrogens with two attached hydrogens (primary N) is 2. The number of anilines is 4. The summed E-state index contributed by atoms with van der Waals surface area (Å²) in [5.41, 5.74) is 13.2. The van der Waals surface area contributed by atoms with Gasteiger partial charge in [0.2, 0.25) is 0 Å². The second-order valence-electron chi connectivity index (χ2n) is 9.36. The quantitative estimate of drug-likeness (QED) is 0.122. The number of aromatic carboxylic acids is 1. The van der Waals surface area contributed by atoms with Crippen LogP contribution in [0.4, 0.5) is 22.7 Å². The van der Waals surface area contributed by atoms with Crippen LogP contribution >= 0.6 is 0 Å². The molecule has 2 amide bonds. The number of carboxylic acid groups (broad SMARTS) is 1. The van der Waals surface area contributed by atoms with Gasteiger partial charge >= 0.3 is 5.97 Å². The number of nitrogens with one attached hydrogen (secondary N) is 2. The highest BCUT2D eigenvalue weighted by Crippen LogP contribution is 2.26. The van der Waals surface area contributed by atoms with Gasteiger partial charge in [0, 0.05) is 28.3 Å². The van der Waals surface area contributed by atoms with E-state index in [0.717, 1.165) is 6.07 Å². The summed E-state index contributed by atoms with van der Waals surface area (Å²) >= 11 is 0. The summed E-state index contributed by atoms with van der Waals surface area (Å²) < 4.78 is 11.5. The van der Waals surface area contributed by atoms with Gasteiger partial charge in [-0.05, 0) is 115 Å². The molecule has 10 heteroatoms. The molecular formula is C33H26N4O6. The molecule has 0 saturated heterocycles. The highest BCUT2D eigenvalue weighted by atomic mass is 16.5. The Balaban J connectivity index is 1.23. The molecule has 0 saturated carbocycles. The van der Waals surface area contributed by atoms with Crippen molar-refractivity contribution in [2.24, 2.45) is 0 Å². The molecule has 0 atom stereocenters. The molecule has 0 bridgehead atoms. The smallest absolute Gasteiger partial charge is 0.336 e. The van der Waals surface area contributed by atoms with E-state index in [0.29, 0.717) is 45.7 Å². The fourth-order valence-electron chi connectivity index (χ4n) is 4.02. The van der Waals surface area contributed by atoms with Gasteiger partial charge < -0.3 is 36.7 Å². The number of carbonyl (C=O) groups is 3. The molecule has 5 aromatic carbocycles. The second kappa shape index (κ2) is 12.5. The zero-order chi connectivity index (χ0) is 30.3. The van der Waals surface area contributed by atoms with Crippen LogP contribution in [-0.2, 0) is 0 Å². The number of benzene rings is 5. The van der Waals surface area contributed by atoms with Crippen LogP contribution in [-0.4, -0.2) is 22.9 Å². The zero-order valence-electron chi connectivity index (χ0n) is 22.6. The van der Waals surface area contributed by atoms with Gasteiger partial charge in [0.05, 0.1) is 11.1 Å². The third-order valence-corrected chi connectivity index (χ3v) is 6.21. The lowest BCUT2D eigenvalue weighted by molar-refractivity contribution is 0.0692. The van der Waals surface area contributed by atoms with Gasteiger partial charge in [-0.2, -0.15) is 0 Å². The molecule has 5 rings (SSSR count). The minimum Gasteiger partial charge on any atom is -0.478 e. The zero-order valence-corrected chi connectivity index (χ0v) is 22.6. The van der Waals surface area contributed by atoms with Crippen LogP contribution in [0.1, 0.15) is 31.1 Å². The number of rotatable bonds is 9. The first-order valence-electron chi connectivity index (χ1n) is 13.0. The number of amides is 2. The Morgan fingerprint density at radius 1 is 0.512 bits per heavy atom. The third kappa shape index (κ3) is 7.27. The Morgan fingerprint density at radius 3 is 1.33 bits per heavy atom. The van der Waals surface area contributed by atoms with Gasteiger partial charge in [-0.15, -0.1) is 0 Å². The predicted octanol–water partition coefficient (Wildman–Crippen LogP) is 6.64. The van der Waals surface area contributed by atoms with Gasteiger partial charge in [0.1, 0.15) is 23.0 Å². The van der Waals surface area contributed by atoms with E-state index < -0.39 is 17.8 Å². The van der Waals surface area contributed by atoms with Crippen LogP contribution < -0.4 is 31.6 Å². The minimum atomic E-state index is -1.35. The van der Waals surface area contributed by atoms with E-state index >= 15 is 0 Å².